The van der Waals surface area contributed by atoms with Crippen molar-refractivity contribution in [2.45, 2.75) is 37.8 Å². The number of ether oxygens (including phenoxy) is 1. The van der Waals surface area contributed by atoms with E-state index in [0.29, 0.717) is 12.2 Å². The van der Waals surface area contributed by atoms with Crippen molar-refractivity contribution in [2.75, 3.05) is 6.61 Å². The molecule has 2 aromatic carbocycles. The maximum atomic E-state index is 12.5. The van der Waals surface area contributed by atoms with Crippen molar-refractivity contribution < 1.29 is 17.9 Å². The Bertz CT molecular complexity index is 1000. The van der Waals surface area contributed by atoms with Gasteiger partial charge in [-0.3, -0.25) is 14.5 Å². The van der Waals surface area contributed by atoms with Crippen LogP contribution in [0.3, 0.4) is 0 Å². The van der Waals surface area contributed by atoms with Crippen LogP contribution in [-0.4, -0.2) is 32.8 Å². The van der Waals surface area contributed by atoms with Gasteiger partial charge in [0.1, 0.15) is 17.6 Å². The average Bonchev–Trinajstić information content (AvgIpc) is 2.93. The number of hydrogen-bond donors (Lipinski definition) is 2. The molecule has 2 aromatic rings. The number of amidine groups is 1. The zero-order valence-corrected chi connectivity index (χ0v) is 16.8. The standard InChI is InChI=1S/C20H23N3O4S/c1-4-27-16-11-9-15(10-12-16)13(2)22-20(24)14(3)21-19-17-7-5-6-8-18(17)28(25,26)23-19/h5-14H,4H2,1-3H3,(H,21,23)(H,22,24)/t13?,14-/m0/s1. The summed E-state index contributed by atoms with van der Waals surface area (Å²) >= 11 is 0. The molecule has 0 fully saturated rings. The number of rotatable bonds is 6. The maximum Gasteiger partial charge on any atom is 0.263 e. The van der Waals surface area contributed by atoms with Crippen LogP contribution in [-0.2, 0) is 14.8 Å². The molecule has 0 saturated carbocycles. The van der Waals surface area contributed by atoms with Gasteiger partial charge in [0.15, 0.2) is 0 Å². The summed E-state index contributed by atoms with van der Waals surface area (Å²) in [5.41, 5.74) is 1.41. The molecule has 0 radical (unpaired) electrons. The fourth-order valence-corrected chi connectivity index (χ4v) is 4.16. The number of nitrogens with zero attached hydrogens (tertiary/aromatic N) is 1. The van der Waals surface area contributed by atoms with E-state index in [0.717, 1.165) is 11.3 Å². The predicted molar refractivity (Wildman–Crippen MR) is 107 cm³/mol. The van der Waals surface area contributed by atoms with Gasteiger partial charge in [0.2, 0.25) is 5.91 Å². The van der Waals surface area contributed by atoms with E-state index in [1.807, 2.05) is 38.1 Å². The Hall–Kier alpha value is -2.87. The molecule has 1 amide bonds. The highest BCUT2D eigenvalue weighted by Crippen LogP contribution is 2.23. The molecular weight excluding hydrogens is 378 g/mol. The van der Waals surface area contributed by atoms with Crippen LogP contribution < -0.4 is 14.8 Å². The second kappa shape index (κ2) is 8.02. The summed E-state index contributed by atoms with van der Waals surface area (Å²) in [4.78, 5) is 17.0. The van der Waals surface area contributed by atoms with Gasteiger partial charge in [0, 0.05) is 5.56 Å². The van der Waals surface area contributed by atoms with Gasteiger partial charge >= 0.3 is 0 Å². The number of sulfonamides is 1. The largest absolute Gasteiger partial charge is 0.494 e. The number of carbonyl (C=O) groups excluding carboxylic acids is 1. The third kappa shape index (κ3) is 4.17. The van der Waals surface area contributed by atoms with E-state index >= 15 is 0 Å². The fourth-order valence-electron chi connectivity index (χ4n) is 2.92. The van der Waals surface area contributed by atoms with E-state index in [9.17, 15) is 13.2 Å². The number of aliphatic imine (C=N–C) groups is 1. The third-order valence-corrected chi connectivity index (χ3v) is 5.81. The van der Waals surface area contributed by atoms with Crippen LogP contribution in [0.4, 0.5) is 0 Å². The van der Waals surface area contributed by atoms with Gasteiger partial charge in [-0.25, -0.2) is 8.42 Å². The number of benzene rings is 2. The molecule has 1 aliphatic rings. The average molecular weight is 401 g/mol. The molecule has 1 unspecified atom stereocenters. The van der Waals surface area contributed by atoms with Crippen molar-refractivity contribution in [3.05, 3.63) is 59.7 Å². The van der Waals surface area contributed by atoms with E-state index < -0.39 is 16.1 Å². The van der Waals surface area contributed by atoms with Gasteiger partial charge in [0.25, 0.3) is 10.0 Å². The number of hydrogen-bond acceptors (Lipinski definition) is 5. The third-order valence-electron chi connectivity index (χ3n) is 4.41. The summed E-state index contributed by atoms with van der Waals surface area (Å²) in [6, 6.07) is 13.1. The van der Waals surface area contributed by atoms with Crippen molar-refractivity contribution in [3.8, 4) is 5.75 Å². The molecule has 1 heterocycles. The molecule has 148 valence electrons. The van der Waals surface area contributed by atoms with Crippen LogP contribution in [0.25, 0.3) is 0 Å². The molecule has 2 N–H and O–H groups in total. The SMILES string of the molecule is CCOc1ccc(C(C)NC(=O)[C@H](C)N=C2NS(=O)(=O)c3ccccc32)cc1. The molecule has 0 saturated heterocycles. The fraction of sp³-hybridized carbons (Fsp3) is 0.300. The molecule has 0 aromatic heterocycles. The highest BCUT2D eigenvalue weighted by Gasteiger charge is 2.31. The highest BCUT2D eigenvalue weighted by molar-refractivity contribution is 7.90. The summed E-state index contributed by atoms with van der Waals surface area (Å²) in [5.74, 6) is 0.668. The van der Waals surface area contributed by atoms with Gasteiger partial charge in [-0.1, -0.05) is 24.3 Å². The Balaban J connectivity index is 1.70. The molecule has 0 bridgehead atoms. The first-order valence-corrected chi connectivity index (χ1v) is 10.5. The Morgan fingerprint density at radius 2 is 1.82 bits per heavy atom. The molecule has 2 atom stereocenters. The minimum absolute atomic E-state index is 0.170. The van der Waals surface area contributed by atoms with Crippen LogP contribution in [0.5, 0.6) is 5.75 Å². The Kier molecular flexibility index (Phi) is 5.69. The lowest BCUT2D eigenvalue weighted by molar-refractivity contribution is -0.122. The van der Waals surface area contributed by atoms with Crippen LogP contribution >= 0.6 is 0 Å². The first-order chi connectivity index (χ1) is 13.3. The van der Waals surface area contributed by atoms with Gasteiger partial charge < -0.3 is 10.1 Å². The predicted octanol–water partition coefficient (Wildman–Crippen LogP) is 2.39. The number of nitrogens with one attached hydrogen (secondary N) is 2. The molecule has 7 nitrogen and oxygen atoms in total. The molecule has 0 aliphatic carbocycles. The zero-order valence-electron chi connectivity index (χ0n) is 16.0. The van der Waals surface area contributed by atoms with Crippen LogP contribution in [0.1, 0.15) is 37.9 Å². The lowest BCUT2D eigenvalue weighted by atomic mass is 10.1. The highest BCUT2D eigenvalue weighted by atomic mass is 32.2. The van der Waals surface area contributed by atoms with Gasteiger partial charge in [0.05, 0.1) is 17.5 Å². The van der Waals surface area contributed by atoms with E-state index in [1.54, 1.807) is 25.1 Å². The minimum atomic E-state index is -3.63. The second-order valence-electron chi connectivity index (χ2n) is 6.49. The van der Waals surface area contributed by atoms with E-state index in [2.05, 4.69) is 15.0 Å². The van der Waals surface area contributed by atoms with E-state index in [1.165, 1.54) is 6.07 Å². The summed E-state index contributed by atoms with van der Waals surface area (Å²) in [5, 5.41) is 2.90. The molecule has 8 heteroatoms. The number of fused-ring (bicyclic) bond motifs is 1. The van der Waals surface area contributed by atoms with Crippen LogP contribution in [0.2, 0.25) is 0 Å². The summed E-state index contributed by atoms with van der Waals surface area (Å²) in [6.07, 6.45) is 0. The van der Waals surface area contributed by atoms with Crippen molar-refractivity contribution in [1.82, 2.24) is 10.0 Å². The normalized spacial score (nSPS) is 18.0. The first-order valence-electron chi connectivity index (χ1n) is 9.05. The van der Waals surface area contributed by atoms with Crippen molar-refractivity contribution in [3.63, 3.8) is 0 Å². The topological polar surface area (TPSA) is 96.9 Å². The Labute approximate surface area is 164 Å². The quantitative estimate of drug-likeness (QED) is 0.777. The van der Waals surface area contributed by atoms with E-state index in [4.69, 9.17) is 4.74 Å². The minimum Gasteiger partial charge on any atom is -0.494 e. The molecule has 3 rings (SSSR count). The molecule has 28 heavy (non-hydrogen) atoms. The van der Waals surface area contributed by atoms with Gasteiger partial charge in [-0.15, -0.1) is 0 Å². The summed E-state index contributed by atoms with van der Waals surface area (Å²) in [6.45, 7) is 6.02. The van der Waals surface area contributed by atoms with Crippen molar-refractivity contribution >= 4 is 21.8 Å². The molecular formula is C20H23N3O4S. The van der Waals surface area contributed by atoms with Crippen LogP contribution in [0, 0.1) is 0 Å². The van der Waals surface area contributed by atoms with Gasteiger partial charge in [-0.2, -0.15) is 0 Å². The second-order valence-corrected chi connectivity index (χ2v) is 8.14. The van der Waals surface area contributed by atoms with E-state index in [-0.39, 0.29) is 22.7 Å². The monoisotopic (exact) mass is 401 g/mol. The van der Waals surface area contributed by atoms with Gasteiger partial charge in [-0.05, 0) is 50.6 Å². The summed E-state index contributed by atoms with van der Waals surface area (Å²) < 4.78 is 32.1. The van der Waals surface area contributed by atoms with Crippen LogP contribution in [0.15, 0.2) is 58.4 Å². The smallest absolute Gasteiger partial charge is 0.263 e. The maximum absolute atomic E-state index is 12.5. The Morgan fingerprint density at radius 3 is 2.50 bits per heavy atom. The zero-order chi connectivity index (χ0) is 20.3. The lowest BCUT2D eigenvalue weighted by Crippen LogP contribution is -2.35. The molecule has 1 aliphatic heterocycles. The van der Waals surface area contributed by atoms with Crippen molar-refractivity contribution in [2.24, 2.45) is 4.99 Å². The summed E-state index contributed by atoms with van der Waals surface area (Å²) in [7, 11) is -3.63. The number of amides is 1. The number of carbonyl (C=O) groups is 1. The molecule has 0 spiro atoms. The Morgan fingerprint density at radius 1 is 1.14 bits per heavy atom. The lowest BCUT2D eigenvalue weighted by Gasteiger charge is -2.17. The first kappa shape index (κ1) is 19.9. The van der Waals surface area contributed by atoms with Crippen molar-refractivity contribution in [1.29, 1.82) is 0 Å².